The molecular formula is C22H37. The Morgan fingerprint density at radius 1 is 0.773 bits per heavy atom. The Kier molecular flexibility index (Phi) is 7.66. The zero-order chi connectivity index (χ0) is 16.6. The molecule has 0 heterocycles. The quantitative estimate of drug-likeness (QED) is 0.401. The molecule has 0 aliphatic heterocycles. The molecule has 0 atom stereocenters. The predicted octanol–water partition coefficient (Wildman–Crippen LogP) is 7.20. The Morgan fingerprint density at radius 3 is 1.77 bits per heavy atom. The molecule has 0 spiro atoms. The van der Waals surface area contributed by atoms with Gasteiger partial charge < -0.3 is 0 Å². The zero-order valence-electron chi connectivity index (χ0n) is 15.9. The Labute approximate surface area is 139 Å². The lowest BCUT2D eigenvalue weighted by atomic mass is 9.76. The summed E-state index contributed by atoms with van der Waals surface area (Å²) in [7, 11) is 0. The molecule has 1 aromatic carbocycles. The van der Waals surface area contributed by atoms with Gasteiger partial charge >= 0.3 is 0 Å². The molecule has 0 saturated carbocycles. The molecule has 1 aromatic rings. The van der Waals surface area contributed by atoms with Crippen LogP contribution in [-0.2, 0) is 10.8 Å². The van der Waals surface area contributed by atoms with Crippen molar-refractivity contribution in [2.45, 2.75) is 104 Å². The van der Waals surface area contributed by atoms with Crippen LogP contribution in [0.4, 0.5) is 0 Å². The number of rotatable bonds is 10. The highest BCUT2D eigenvalue weighted by atomic mass is 14.3. The van der Waals surface area contributed by atoms with E-state index in [0.29, 0.717) is 0 Å². The van der Waals surface area contributed by atoms with Crippen molar-refractivity contribution in [2.24, 2.45) is 0 Å². The molecular weight excluding hydrogens is 264 g/mol. The first kappa shape index (κ1) is 19.3. The number of hydrogen-bond acceptors (Lipinski definition) is 0. The predicted molar refractivity (Wildman–Crippen MR) is 99.6 cm³/mol. The second kappa shape index (κ2) is 8.75. The van der Waals surface area contributed by atoms with Gasteiger partial charge in [0.15, 0.2) is 0 Å². The second-order valence-electron chi connectivity index (χ2n) is 8.17. The number of hydrogen-bond donors (Lipinski definition) is 0. The van der Waals surface area contributed by atoms with E-state index in [-0.39, 0.29) is 10.8 Å². The highest BCUT2D eigenvalue weighted by molar-refractivity contribution is 5.30. The first-order valence-electron chi connectivity index (χ1n) is 9.36. The van der Waals surface area contributed by atoms with Crippen LogP contribution in [0.2, 0.25) is 0 Å². The molecule has 1 radical (unpaired) electrons. The van der Waals surface area contributed by atoms with Crippen molar-refractivity contribution in [1.29, 1.82) is 0 Å². The lowest BCUT2D eigenvalue weighted by Crippen LogP contribution is -2.20. The summed E-state index contributed by atoms with van der Waals surface area (Å²) in [5, 5.41) is 0. The summed E-state index contributed by atoms with van der Waals surface area (Å²) in [5.41, 5.74) is 3.34. The minimum Gasteiger partial charge on any atom is -0.0654 e. The van der Waals surface area contributed by atoms with Crippen molar-refractivity contribution >= 4 is 0 Å². The van der Waals surface area contributed by atoms with E-state index >= 15 is 0 Å². The van der Waals surface area contributed by atoms with Gasteiger partial charge in [-0.2, -0.15) is 0 Å². The molecule has 125 valence electrons. The summed E-state index contributed by atoms with van der Waals surface area (Å²) >= 11 is 0. The first-order chi connectivity index (χ1) is 10.3. The zero-order valence-corrected chi connectivity index (χ0v) is 15.9. The van der Waals surface area contributed by atoms with Crippen molar-refractivity contribution in [3.05, 3.63) is 35.4 Å². The van der Waals surface area contributed by atoms with Gasteiger partial charge in [0.2, 0.25) is 0 Å². The summed E-state index contributed by atoms with van der Waals surface area (Å²) in [4.78, 5) is 0. The number of benzene rings is 1. The van der Waals surface area contributed by atoms with E-state index in [9.17, 15) is 0 Å². The molecule has 0 saturated heterocycles. The van der Waals surface area contributed by atoms with E-state index in [1.54, 1.807) is 0 Å². The Balaban J connectivity index is 2.72. The van der Waals surface area contributed by atoms with E-state index in [4.69, 9.17) is 0 Å². The van der Waals surface area contributed by atoms with E-state index in [0.717, 1.165) is 0 Å². The SMILES string of the molecule is CCCCCC(C)(C)c1[c]cc(C(C)(C)CCCCC)cc1. The van der Waals surface area contributed by atoms with E-state index < -0.39 is 0 Å². The van der Waals surface area contributed by atoms with Crippen molar-refractivity contribution < 1.29 is 0 Å². The molecule has 22 heavy (non-hydrogen) atoms. The molecule has 0 N–H and O–H groups in total. The maximum absolute atomic E-state index is 3.60. The number of unbranched alkanes of at least 4 members (excludes halogenated alkanes) is 4. The van der Waals surface area contributed by atoms with Gasteiger partial charge in [0.25, 0.3) is 0 Å². The normalized spacial score (nSPS) is 12.6. The van der Waals surface area contributed by atoms with Crippen molar-refractivity contribution in [2.75, 3.05) is 0 Å². The summed E-state index contributed by atoms with van der Waals surface area (Å²) in [5.74, 6) is 0. The summed E-state index contributed by atoms with van der Waals surface area (Å²) in [6, 6.07) is 10.5. The Hall–Kier alpha value is -0.780. The summed E-state index contributed by atoms with van der Waals surface area (Å²) in [6.45, 7) is 14.0. The highest BCUT2D eigenvalue weighted by Gasteiger charge is 2.23. The lowest BCUT2D eigenvalue weighted by Gasteiger charge is -2.28. The summed E-state index contributed by atoms with van der Waals surface area (Å²) in [6.07, 6.45) is 10.5. The third-order valence-electron chi connectivity index (χ3n) is 5.13. The van der Waals surface area contributed by atoms with Crippen LogP contribution >= 0.6 is 0 Å². The van der Waals surface area contributed by atoms with Crippen LogP contribution in [0.25, 0.3) is 0 Å². The average molecular weight is 302 g/mol. The van der Waals surface area contributed by atoms with Crippen LogP contribution in [0.3, 0.4) is 0 Å². The topological polar surface area (TPSA) is 0 Å². The molecule has 0 aliphatic rings. The average Bonchev–Trinajstić information content (AvgIpc) is 2.48. The van der Waals surface area contributed by atoms with Gasteiger partial charge in [-0.3, -0.25) is 0 Å². The molecule has 0 aliphatic carbocycles. The van der Waals surface area contributed by atoms with Gasteiger partial charge in [0.1, 0.15) is 0 Å². The summed E-state index contributed by atoms with van der Waals surface area (Å²) < 4.78 is 0. The molecule has 0 fully saturated rings. The van der Waals surface area contributed by atoms with Crippen LogP contribution in [0.5, 0.6) is 0 Å². The van der Waals surface area contributed by atoms with Gasteiger partial charge in [-0.15, -0.1) is 0 Å². The van der Waals surface area contributed by atoms with Crippen LogP contribution in [0, 0.1) is 6.07 Å². The smallest absolute Gasteiger partial charge is 0.00974 e. The maximum atomic E-state index is 3.60. The fraction of sp³-hybridized carbons (Fsp3) is 0.727. The molecule has 0 amide bonds. The molecule has 0 aromatic heterocycles. The molecule has 0 nitrogen and oxygen atoms in total. The fourth-order valence-corrected chi connectivity index (χ4v) is 3.18. The molecule has 0 bridgehead atoms. The Bertz CT molecular complexity index is 367. The monoisotopic (exact) mass is 301 g/mol. The van der Waals surface area contributed by atoms with Gasteiger partial charge in [-0.25, -0.2) is 0 Å². The molecule has 0 unspecified atom stereocenters. The maximum Gasteiger partial charge on any atom is -0.00974 e. The lowest BCUT2D eigenvalue weighted by molar-refractivity contribution is 0.442. The standard InChI is InChI=1S/C22H37/c1-7-9-11-17-21(3,4)19-13-15-20(16-14-19)22(5,6)18-12-10-8-2/h13-15H,7-12,17-18H2,1-6H3. The van der Waals surface area contributed by atoms with Crippen LogP contribution in [0.1, 0.15) is 104 Å². The van der Waals surface area contributed by atoms with Crippen LogP contribution in [-0.4, -0.2) is 0 Å². The second-order valence-corrected chi connectivity index (χ2v) is 8.17. The fourth-order valence-electron chi connectivity index (χ4n) is 3.18. The van der Waals surface area contributed by atoms with Gasteiger partial charge in [-0.1, -0.05) is 98.3 Å². The van der Waals surface area contributed by atoms with Gasteiger partial charge in [0, 0.05) is 0 Å². The van der Waals surface area contributed by atoms with Crippen molar-refractivity contribution in [1.82, 2.24) is 0 Å². The molecule has 1 rings (SSSR count). The van der Waals surface area contributed by atoms with Gasteiger partial charge in [0.05, 0.1) is 0 Å². The third kappa shape index (κ3) is 5.78. The minimum atomic E-state index is 0.250. The largest absolute Gasteiger partial charge is 0.0654 e. The Morgan fingerprint density at radius 2 is 1.32 bits per heavy atom. The van der Waals surface area contributed by atoms with Crippen molar-refractivity contribution in [3.8, 4) is 0 Å². The van der Waals surface area contributed by atoms with E-state index in [2.05, 4.69) is 65.8 Å². The van der Waals surface area contributed by atoms with Crippen LogP contribution in [0.15, 0.2) is 18.2 Å². The van der Waals surface area contributed by atoms with Crippen LogP contribution < -0.4 is 0 Å². The first-order valence-corrected chi connectivity index (χ1v) is 9.36. The van der Waals surface area contributed by atoms with E-state index in [1.807, 2.05) is 0 Å². The highest BCUT2D eigenvalue weighted by Crippen LogP contribution is 2.33. The van der Waals surface area contributed by atoms with Gasteiger partial charge in [-0.05, 0) is 40.9 Å². The van der Waals surface area contributed by atoms with E-state index in [1.165, 1.54) is 62.5 Å². The molecule has 0 heteroatoms. The minimum absolute atomic E-state index is 0.250. The van der Waals surface area contributed by atoms with Crippen molar-refractivity contribution in [3.63, 3.8) is 0 Å². The third-order valence-corrected chi connectivity index (χ3v) is 5.13.